The first-order valence-corrected chi connectivity index (χ1v) is 11.0. The average Bonchev–Trinajstić information content (AvgIpc) is 3.36. The van der Waals surface area contributed by atoms with E-state index >= 15 is 0 Å². The number of hydrogen-bond acceptors (Lipinski definition) is 6. The second-order valence-corrected chi connectivity index (χ2v) is 7.91. The lowest BCUT2D eigenvalue weighted by atomic mass is 10.1. The summed E-state index contributed by atoms with van der Waals surface area (Å²) in [4.78, 5) is 14.4. The SMILES string of the molecule is COC(=O)c1ccccc1NC(=S)N(Cc1ccc(OC)c(OC)c1OC)C1CCCC1. The second-order valence-electron chi connectivity index (χ2n) is 7.53. The van der Waals surface area contributed by atoms with Crippen molar-refractivity contribution in [2.24, 2.45) is 0 Å². The molecule has 0 unspecified atom stereocenters. The number of thiocarbonyl (C=S) groups is 1. The molecule has 1 saturated carbocycles. The van der Waals surface area contributed by atoms with E-state index in [1.54, 1.807) is 33.5 Å². The number of carbonyl (C=O) groups is 1. The van der Waals surface area contributed by atoms with Crippen molar-refractivity contribution in [3.63, 3.8) is 0 Å². The van der Waals surface area contributed by atoms with Crippen LogP contribution in [0.4, 0.5) is 5.69 Å². The number of anilines is 1. The third-order valence-electron chi connectivity index (χ3n) is 5.73. The number of hydrogen-bond donors (Lipinski definition) is 1. The Morgan fingerprint density at radius 3 is 2.31 bits per heavy atom. The van der Waals surface area contributed by atoms with Crippen LogP contribution in [0.15, 0.2) is 36.4 Å². The van der Waals surface area contributed by atoms with Crippen molar-refractivity contribution in [1.29, 1.82) is 0 Å². The fraction of sp³-hybridized carbons (Fsp3) is 0.417. The maximum Gasteiger partial charge on any atom is 0.339 e. The van der Waals surface area contributed by atoms with Gasteiger partial charge in [-0.25, -0.2) is 4.79 Å². The molecule has 1 aliphatic carbocycles. The van der Waals surface area contributed by atoms with Gasteiger partial charge in [-0.1, -0.05) is 25.0 Å². The molecule has 2 aromatic carbocycles. The largest absolute Gasteiger partial charge is 0.493 e. The van der Waals surface area contributed by atoms with Crippen LogP contribution < -0.4 is 19.5 Å². The molecule has 0 atom stereocenters. The predicted octanol–water partition coefficient (Wildman–Crippen LogP) is 4.64. The summed E-state index contributed by atoms with van der Waals surface area (Å²) in [6.45, 7) is 0.528. The van der Waals surface area contributed by atoms with Gasteiger partial charge in [-0.3, -0.25) is 0 Å². The van der Waals surface area contributed by atoms with Crippen molar-refractivity contribution in [2.45, 2.75) is 38.3 Å². The van der Waals surface area contributed by atoms with E-state index in [0.29, 0.717) is 40.2 Å². The van der Waals surface area contributed by atoms with Gasteiger partial charge in [0, 0.05) is 18.2 Å². The summed E-state index contributed by atoms with van der Waals surface area (Å²) in [5.74, 6) is 1.36. The highest BCUT2D eigenvalue weighted by Gasteiger charge is 2.27. The van der Waals surface area contributed by atoms with Crippen molar-refractivity contribution < 1.29 is 23.7 Å². The Morgan fingerprint density at radius 1 is 1.00 bits per heavy atom. The fourth-order valence-corrected chi connectivity index (χ4v) is 4.44. The van der Waals surface area contributed by atoms with Gasteiger partial charge in [0.25, 0.3) is 0 Å². The van der Waals surface area contributed by atoms with E-state index in [4.69, 9.17) is 31.2 Å². The Hall–Kier alpha value is -3.00. The van der Waals surface area contributed by atoms with E-state index in [9.17, 15) is 4.79 Å². The second kappa shape index (κ2) is 11.0. The predicted molar refractivity (Wildman–Crippen MR) is 128 cm³/mol. The molecule has 0 bridgehead atoms. The van der Waals surface area contributed by atoms with Gasteiger partial charge >= 0.3 is 5.97 Å². The number of ether oxygens (including phenoxy) is 4. The molecule has 0 heterocycles. The lowest BCUT2D eigenvalue weighted by molar-refractivity contribution is 0.0602. The minimum absolute atomic E-state index is 0.290. The van der Waals surface area contributed by atoms with Gasteiger partial charge in [-0.15, -0.1) is 0 Å². The zero-order valence-corrected chi connectivity index (χ0v) is 19.8. The number of nitrogens with one attached hydrogen (secondary N) is 1. The third kappa shape index (κ3) is 5.07. The van der Waals surface area contributed by atoms with Crippen LogP contribution >= 0.6 is 12.2 Å². The van der Waals surface area contributed by atoms with Crippen LogP contribution in [-0.4, -0.2) is 50.5 Å². The van der Waals surface area contributed by atoms with E-state index in [0.717, 1.165) is 31.2 Å². The molecular weight excluding hydrogens is 428 g/mol. The number of rotatable bonds is 8. The first-order valence-electron chi connectivity index (χ1n) is 10.6. The number of nitrogens with zero attached hydrogens (tertiary/aromatic N) is 1. The van der Waals surface area contributed by atoms with Crippen molar-refractivity contribution in [2.75, 3.05) is 33.8 Å². The van der Waals surface area contributed by atoms with Crippen molar-refractivity contribution >= 4 is 29.0 Å². The van der Waals surface area contributed by atoms with Gasteiger partial charge < -0.3 is 29.2 Å². The molecule has 0 spiro atoms. The molecule has 172 valence electrons. The topological polar surface area (TPSA) is 69.3 Å². The molecule has 0 saturated heterocycles. The molecule has 1 N–H and O–H groups in total. The molecule has 32 heavy (non-hydrogen) atoms. The maximum absolute atomic E-state index is 12.2. The van der Waals surface area contributed by atoms with Crippen LogP contribution in [-0.2, 0) is 11.3 Å². The summed E-state index contributed by atoms with van der Waals surface area (Å²) in [5.41, 5.74) is 1.99. The number of carbonyl (C=O) groups excluding carboxylic acids is 1. The van der Waals surface area contributed by atoms with E-state index < -0.39 is 5.97 Å². The summed E-state index contributed by atoms with van der Waals surface area (Å²) in [7, 11) is 6.17. The van der Waals surface area contributed by atoms with Crippen LogP contribution in [0.25, 0.3) is 0 Å². The van der Waals surface area contributed by atoms with E-state index in [1.165, 1.54) is 7.11 Å². The molecule has 1 fully saturated rings. The van der Waals surface area contributed by atoms with Crippen LogP contribution in [0.5, 0.6) is 17.2 Å². The summed E-state index contributed by atoms with van der Waals surface area (Å²) >= 11 is 5.83. The van der Waals surface area contributed by atoms with Gasteiger partial charge in [-0.05, 0) is 49.3 Å². The summed E-state index contributed by atoms with van der Waals surface area (Å²) in [6, 6.07) is 11.3. The molecule has 0 amide bonds. The number of esters is 1. The minimum Gasteiger partial charge on any atom is -0.493 e. The summed E-state index contributed by atoms with van der Waals surface area (Å²) < 4.78 is 21.6. The van der Waals surface area contributed by atoms with E-state index in [2.05, 4.69) is 10.2 Å². The molecule has 0 aliphatic heterocycles. The highest BCUT2D eigenvalue weighted by atomic mass is 32.1. The van der Waals surface area contributed by atoms with Crippen molar-refractivity contribution in [3.05, 3.63) is 47.5 Å². The summed E-state index contributed by atoms with van der Waals surface area (Å²) in [5, 5.41) is 3.82. The highest BCUT2D eigenvalue weighted by Crippen LogP contribution is 2.41. The third-order valence-corrected chi connectivity index (χ3v) is 6.06. The molecular formula is C24H30N2O5S. The molecule has 8 heteroatoms. The van der Waals surface area contributed by atoms with Crippen LogP contribution in [0.2, 0.25) is 0 Å². The van der Waals surface area contributed by atoms with E-state index in [1.807, 2.05) is 24.3 Å². The van der Waals surface area contributed by atoms with Crippen LogP contribution in [0.3, 0.4) is 0 Å². The number of para-hydroxylation sites is 1. The Kier molecular flexibility index (Phi) is 8.16. The summed E-state index contributed by atoms with van der Waals surface area (Å²) in [6.07, 6.45) is 4.42. The molecule has 0 radical (unpaired) electrons. The Morgan fingerprint density at radius 2 is 1.69 bits per heavy atom. The Bertz CT molecular complexity index is 959. The standard InChI is InChI=1S/C24H30N2O5S/c1-28-20-14-13-16(21(29-2)22(20)30-3)15-26(17-9-5-6-10-17)24(32)25-19-12-8-7-11-18(19)23(27)31-4/h7-8,11-14,17H,5-6,9-10,15H2,1-4H3,(H,25,32). The van der Waals surface area contributed by atoms with Gasteiger partial charge in [-0.2, -0.15) is 0 Å². The number of benzene rings is 2. The van der Waals surface area contributed by atoms with Crippen LogP contribution in [0.1, 0.15) is 41.6 Å². The molecule has 3 rings (SSSR count). The molecule has 2 aromatic rings. The maximum atomic E-state index is 12.2. The Labute approximate surface area is 194 Å². The number of methoxy groups -OCH3 is 4. The zero-order valence-electron chi connectivity index (χ0n) is 19.0. The molecule has 7 nitrogen and oxygen atoms in total. The van der Waals surface area contributed by atoms with Gasteiger partial charge in [0.15, 0.2) is 16.6 Å². The first kappa shape index (κ1) is 23.7. The van der Waals surface area contributed by atoms with Crippen molar-refractivity contribution in [1.82, 2.24) is 4.90 Å². The van der Waals surface area contributed by atoms with Gasteiger partial charge in [0.05, 0.1) is 39.7 Å². The van der Waals surface area contributed by atoms with E-state index in [-0.39, 0.29) is 6.04 Å². The monoisotopic (exact) mass is 458 g/mol. The zero-order chi connectivity index (χ0) is 23.1. The quantitative estimate of drug-likeness (QED) is 0.453. The molecule has 0 aromatic heterocycles. The minimum atomic E-state index is -0.412. The van der Waals surface area contributed by atoms with Crippen LogP contribution in [0, 0.1) is 0 Å². The van der Waals surface area contributed by atoms with Gasteiger partial charge in [0.2, 0.25) is 5.75 Å². The van der Waals surface area contributed by atoms with Gasteiger partial charge in [0.1, 0.15) is 0 Å². The lowest BCUT2D eigenvalue weighted by Gasteiger charge is -2.32. The smallest absolute Gasteiger partial charge is 0.339 e. The highest BCUT2D eigenvalue weighted by molar-refractivity contribution is 7.80. The fourth-order valence-electron chi connectivity index (χ4n) is 4.12. The lowest BCUT2D eigenvalue weighted by Crippen LogP contribution is -2.41. The first-order chi connectivity index (χ1) is 15.5. The average molecular weight is 459 g/mol. The Balaban J connectivity index is 1.92. The molecule has 1 aliphatic rings. The van der Waals surface area contributed by atoms with Crippen molar-refractivity contribution in [3.8, 4) is 17.2 Å². The normalized spacial score (nSPS) is 13.4.